The van der Waals surface area contributed by atoms with Crippen LogP contribution in [0.1, 0.15) is 6.92 Å². The van der Waals surface area contributed by atoms with E-state index < -0.39 is 0 Å². The molecule has 56 valence electrons. The molecule has 0 N–H and O–H groups in total. The van der Waals surface area contributed by atoms with Gasteiger partial charge in [0.15, 0.2) is 5.71 Å². The first-order valence-electron chi connectivity index (χ1n) is 3.04. The van der Waals surface area contributed by atoms with E-state index in [9.17, 15) is 4.79 Å². The fourth-order valence-corrected chi connectivity index (χ4v) is 1.16. The normalized spacial score (nSPS) is 21.5. The molecule has 0 aromatic rings. The Morgan fingerprint density at radius 2 is 2.27 bits per heavy atom. The first-order valence-corrected chi connectivity index (χ1v) is 3.38. The summed E-state index contributed by atoms with van der Waals surface area (Å²) in [5.74, 6) is 0.298. The molecule has 0 aliphatic carbocycles. The molecule has 5 heteroatoms. The fraction of sp³-hybridized carbons (Fsp3) is 0.167. The molecule has 2 heterocycles. The van der Waals surface area contributed by atoms with Crippen LogP contribution in [-0.2, 0) is 4.79 Å². The number of carbonyl (C=O) groups excluding carboxylic acids is 1. The van der Waals surface area contributed by atoms with Crippen molar-refractivity contribution in [2.75, 3.05) is 0 Å². The molecular weight excluding hydrogens is 166 g/mol. The number of nitrogens with zero attached hydrogens (tertiary/aromatic N) is 3. The molecule has 0 radical (unpaired) electrons. The summed E-state index contributed by atoms with van der Waals surface area (Å²) in [6.45, 7) is 1.73. The molecule has 0 bridgehead atoms. The average Bonchev–Trinajstić information content (AvgIpc) is 2.37. The van der Waals surface area contributed by atoms with Gasteiger partial charge >= 0.3 is 0 Å². The second-order valence-corrected chi connectivity index (χ2v) is 2.61. The van der Waals surface area contributed by atoms with Gasteiger partial charge in [-0.25, -0.2) is 14.4 Å². The van der Waals surface area contributed by atoms with Gasteiger partial charge in [0.1, 0.15) is 11.5 Å². The van der Waals surface area contributed by atoms with E-state index in [1.807, 2.05) is 0 Å². The van der Waals surface area contributed by atoms with Crippen molar-refractivity contribution in [1.29, 1.82) is 0 Å². The zero-order valence-corrected chi connectivity index (χ0v) is 6.46. The maximum atomic E-state index is 11.1. The highest BCUT2D eigenvalue weighted by Gasteiger charge is 2.31. The SMILES string of the molecule is CC1=NC2=CN(Cl)C(=O)C2=N1. The number of fused-ring (bicyclic) bond motifs is 1. The van der Waals surface area contributed by atoms with Crippen LogP contribution in [0.4, 0.5) is 0 Å². The predicted octanol–water partition coefficient (Wildman–Crippen LogP) is 0.697. The molecule has 0 fully saturated rings. The maximum Gasteiger partial charge on any atom is 0.293 e. The van der Waals surface area contributed by atoms with Gasteiger partial charge in [-0.3, -0.25) is 4.79 Å². The van der Waals surface area contributed by atoms with Crippen molar-refractivity contribution in [3.63, 3.8) is 0 Å². The molecule has 0 spiro atoms. The van der Waals surface area contributed by atoms with Crippen LogP contribution in [-0.4, -0.2) is 21.9 Å². The Hall–Kier alpha value is -1.16. The highest BCUT2D eigenvalue weighted by molar-refractivity contribution is 6.54. The van der Waals surface area contributed by atoms with E-state index >= 15 is 0 Å². The molecule has 4 nitrogen and oxygen atoms in total. The highest BCUT2D eigenvalue weighted by atomic mass is 35.5. The third-order valence-corrected chi connectivity index (χ3v) is 1.68. The van der Waals surface area contributed by atoms with Crippen molar-refractivity contribution in [3.05, 3.63) is 11.9 Å². The van der Waals surface area contributed by atoms with Gasteiger partial charge in [0.2, 0.25) is 0 Å². The summed E-state index contributed by atoms with van der Waals surface area (Å²) >= 11 is 5.47. The quantitative estimate of drug-likeness (QED) is 0.493. The van der Waals surface area contributed by atoms with Gasteiger partial charge in [0.05, 0.1) is 6.20 Å². The van der Waals surface area contributed by atoms with Crippen molar-refractivity contribution in [2.24, 2.45) is 9.98 Å². The lowest BCUT2D eigenvalue weighted by Crippen LogP contribution is -2.17. The third-order valence-electron chi connectivity index (χ3n) is 1.43. The lowest BCUT2D eigenvalue weighted by molar-refractivity contribution is -0.117. The first-order chi connectivity index (χ1) is 5.18. The first kappa shape index (κ1) is 6.54. The molecule has 0 aromatic heterocycles. The number of halogens is 1. The highest BCUT2D eigenvalue weighted by Crippen LogP contribution is 2.21. The molecule has 1 amide bonds. The van der Waals surface area contributed by atoms with Gasteiger partial charge in [-0.1, -0.05) is 0 Å². The van der Waals surface area contributed by atoms with Crippen LogP contribution in [0.15, 0.2) is 21.9 Å². The Kier molecular flexibility index (Phi) is 1.14. The number of amides is 1. The third kappa shape index (κ3) is 0.793. The second-order valence-electron chi connectivity index (χ2n) is 2.25. The minimum absolute atomic E-state index is 0.303. The average molecular weight is 170 g/mol. The van der Waals surface area contributed by atoms with Gasteiger partial charge in [-0.2, -0.15) is 0 Å². The lowest BCUT2D eigenvalue weighted by atomic mass is 10.3. The number of hydrogen-bond acceptors (Lipinski definition) is 3. The Morgan fingerprint density at radius 3 is 2.91 bits per heavy atom. The standard InChI is InChI=1S/C6H4ClN3O/c1-3-8-4-2-10(7)6(11)5(4)9-3/h2H,1H3. The fourth-order valence-electron chi connectivity index (χ4n) is 0.986. The molecule has 0 saturated heterocycles. The van der Waals surface area contributed by atoms with Crippen molar-refractivity contribution < 1.29 is 4.79 Å². The molecule has 2 rings (SSSR count). The van der Waals surface area contributed by atoms with Crippen molar-refractivity contribution in [2.45, 2.75) is 6.92 Å². The molecule has 0 atom stereocenters. The van der Waals surface area contributed by atoms with Crippen LogP contribution in [0.2, 0.25) is 0 Å². The van der Waals surface area contributed by atoms with Crippen LogP contribution in [0.25, 0.3) is 0 Å². The van der Waals surface area contributed by atoms with E-state index in [0.29, 0.717) is 17.2 Å². The lowest BCUT2D eigenvalue weighted by Gasteiger charge is -1.96. The molecule has 2 aliphatic heterocycles. The number of rotatable bonds is 0. The number of carbonyl (C=O) groups is 1. The topological polar surface area (TPSA) is 45.0 Å². The summed E-state index contributed by atoms with van der Waals surface area (Å²) in [5, 5.41) is 0. The van der Waals surface area contributed by atoms with Gasteiger partial charge in [-0.15, -0.1) is 0 Å². The number of hydrogen-bond donors (Lipinski definition) is 0. The summed E-state index contributed by atoms with van der Waals surface area (Å²) in [7, 11) is 0. The summed E-state index contributed by atoms with van der Waals surface area (Å²) in [6, 6.07) is 0. The van der Waals surface area contributed by atoms with E-state index in [2.05, 4.69) is 9.98 Å². The summed E-state index contributed by atoms with van der Waals surface area (Å²) in [4.78, 5) is 19.0. The molecule has 0 unspecified atom stereocenters. The Bertz CT molecular complexity index is 329. The van der Waals surface area contributed by atoms with E-state index in [0.717, 1.165) is 4.42 Å². The zero-order valence-electron chi connectivity index (χ0n) is 5.71. The predicted molar refractivity (Wildman–Crippen MR) is 41.3 cm³/mol. The van der Waals surface area contributed by atoms with Crippen LogP contribution < -0.4 is 0 Å². The van der Waals surface area contributed by atoms with Gasteiger partial charge in [0, 0.05) is 11.8 Å². The number of amidine groups is 1. The molecule has 11 heavy (non-hydrogen) atoms. The van der Waals surface area contributed by atoms with E-state index in [-0.39, 0.29) is 5.91 Å². The monoisotopic (exact) mass is 169 g/mol. The van der Waals surface area contributed by atoms with E-state index in [1.54, 1.807) is 6.92 Å². The zero-order chi connectivity index (χ0) is 8.01. The van der Waals surface area contributed by atoms with Crippen molar-refractivity contribution in [1.82, 2.24) is 4.42 Å². The maximum absolute atomic E-state index is 11.1. The largest absolute Gasteiger partial charge is 0.293 e. The van der Waals surface area contributed by atoms with Crippen LogP contribution in [0, 0.1) is 0 Å². The summed E-state index contributed by atoms with van der Waals surface area (Å²) in [5.41, 5.74) is 0.903. The van der Waals surface area contributed by atoms with Gasteiger partial charge in [-0.05, 0) is 6.92 Å². The molecule has 0 saturated carbocycles. The van der Waals surface area contributed by atoms with Crippen molar-refractivity contribution >= 4 is 29.2 Å². The second kappa shape index (κ2) is 1.92. The smallest absolute Gasteiger partial charge is 0.265 e. The molecule has 2 aliphatic rings. The summed E-state index contributed by atoms with van der Waals surface area (Å²) < 4.78 is 0.962. The molecule has 0 aromatic carbocycles. The van der Waals surface area contributed by atoms with Gasteiger partial charge < -0.3 is 0 Å². The van der Waals surface area contributed by atoms with E-state index in [4.69, 9.17) is 11.8 Å². The number of aliphatic imine (C=N–C) groups is 2. The van der Waals surface area contributed by atoms with E-state index in [1.165, 1.54) is 6.20 Å². The van der Waals surface area contributed by atoms with Crippen LogP contribution in [0.3, 0.4) is 0 Å². The molecular formula is C6H4ClN3O. The Balaban J connectivity index is 2.50. The van der Waals surface area contributed by atoms with Gasteiger partial charge in [0.25, 0.3) is 5.91 Å². The Morgan fingerprint density at radius 1 is 1.55 bits per heavy atom. The Labute approximate surface area is 68.0 Å². The minimum Gasteiger partial charge on any atom is -0.265 e. The van der Waals surface area contributed by atoms with Crippen LogP contribution >= 0.6 is 11.8 Å². The minimum atomic E-state index is -0.303. The van der Waals surface area contributed by atoms with Crippen LogP contribution in [0.5, 0.6) is 0 Å². The van der Waals surface area contributed by atoms with Crippen molar-refractivity contribution in [3.8, 4) is 0 Å². The summed E-state index contributed by atoms with van der Waals surface area (Å²) in [6.07, 6.45) is 1.46.